The van der Waals surface area contributed by atoms with Crippen molar-refractivity contribution < 1.29 is 14.4 Å². The highest BCUT2D eigenvalue weighted by molar-refractivity contribution is 6.32. The molecule has 1 aromatic carbocycles. The predicted octanol–water partition coefficient (Wildman–Crippen LogP) is 3.49. The number of rotatable bonds is 4. The standard InChI is InChI=1S/C11H7Cl2N3O4/c1-19-9-4-6(16(17)18)2-3-8(9)20-10-7(12)5-14-11(13)15-10/h2-5H,1H3. The molecule has 7 nitrogen and oxygen atoms in total. The van der Waals surface area contributed by atoms with Gasteiger partial charge >= 0.3 is 0 Å². The van der Waals surface area contributed by atoms with Crippen LogP contribution in [0.25, 0.3) is 0 Å². The van der Waals surface area contributed by atoms with Crippen molar-refractivity contribution in [1.29, 1.82) is 0 Å². The summed E-state index contributed by atoms with van der Waals surface area (Å²) in [6.07, 6.45) is 1.28. The van der Waals surface area contributed by atoms with Gasteiger partial charge in [0.25, 0.3) is 5.69 Å². The minimum atomic E-state index is -0.541. The third kappa shape index (κ3) is 3.06. The van der Waals surface area contributed by atoms with Crippen LogP contribution in [0, 0.1) is 10.1 Å². The van der Waals surface area contributed by atoms with Crippen molar-refractivity contribution in [3.05, 3.63) is 44.8 Å². The molecule has 0 aliphatic rings. The maximum atomic E-state index is 10.7. The van der Waals surface area contributed by atoms with Gasteiger partial charge in [-0.3, -0.25) is 10.1 Å². The zero-order valence-electron chi connectivity index (χ0n) is 10.0. The van der Waals surface area contributed by atoms with E-state index in [0.29, 0.717) is 0 Å². The average Bonchev–Trinajstić information content (AvgIpc) is 2.43. The summed E-state index contributed by atoms with van der Waals surface area (Å²) in [6, 6.07) is 3.88. The lowest BCUT2D eigenvalue weighted by molar-refractivity contribution is -0.384. The molecule has 0 amide bonds. The van der Waals surface area contributed by atoms with Gasteiger partial charge < -0.3 is 9.47 Å². The molecule has 9 heteroatoms. The predicted molar refractivity (Wildman–Crippen MR) is 71.8 cm³/mol. The van der Waals surface area contributed by atoms with E-state index in [1.54, 1.807) is 0 Å². The summed E-state index contributed by atoms with van der Waals surface area (Å²) in [6.45, 7) is 0. The topological polar surface area (TPSA) is 87.4 Å². The Balaban J connectivity index is 2.38. The van der Waals surface area contributed by atoms with Crippen molar-refractivity contribution >= 4 is 28.9 Å². The monoisotopic (exact) mass is 315 g/mol. The third-order valence-corrected chi connectivity index (χ3v) is 2.69. The summed E-state index contributed by atoms with van der Waals surface area (Å²) in [5.41, 5.74) is -0.124. The third-order valence-electron chi connectivity index (χ3n) is 2.25. The lowest BCUT2D eigenvalue weighted by atomic mass is 10.3. The molecule has 2 rings (SSSR count). The van der Waals surface area contributed by atoms with E-state index in [-0.39, 0.29) is 33.4 Å². The van der Waals surface area contributed by atoms with E-state index in [4.69, 9.17) is 32.7 Å². The maximum absolute atomic E-state index is 10.7. The molecule has 0 unspecified atom stereocenters. The highest BCUT2D eigenvalue weighted by atomic mass is 35.5. The molecule has 0 atom stereocenters. The van der Waals surface area contributed by atoms with Crippen LogP contribution in [0.5, 0.6) is 17.4 Å². The van der Waals surface area contributed by atoms with Crippen molar-refractivity contribution in [3.8, 4) is 17.4 Å². The fourth-order valence-corrected chi connectivity index (χ4v) is 1.62. The molecule has 0 bridgehead atoms. The van der Waals surface area contributed by atoms with E-state index in [9.17, 15) is 10.1 Å². The molecule has 1 heterocycles. The van der Waals surface area contributed by atoms with Gasteiger partial charge in [0.15, 0.2) is 11.5 Å². The highest BCUT2D eigenvalue weighted by Crippen LogP contribution is 2.36. The van der Waals surface area contributed by atoms with Crippen LogP contribution >= 0.6 is 23.2 Å². The normalized spacial score (nSPS) is 10.2. The van der Waals surface area contributed by atoms with Gasteiger partial charge in [-0.2, -0.15) is 4.98 Å². The zero-order valence-corrected chi connectivity index (χ0v) is 11.6. The number of halogens is 2. The number of hydrogen-bond acceptors (Lipinski definition) is 6. The van der Waals surface area contributed by atoms with Gasteiger partial charge in [-0.15, -0.1) is 0 Å². The first-order valence-electron chi connectivity index (χ1n) is 5.19. The van der Waals surface area contributed by atoms with Crippen molar-refractivity contribution in [2.75, 3.05) is 7.11 Å². The molecule has 0 fully saturated rings. The number of nitrogens with zero attached hydrogens (tertiary/aromatic N) is 3. The number of nitro benzene ring substituents is 1. The van der Waals surface area contributed by atoms with Crippen molar-refractivity contribution in [2.45, 2.75) is 0 Å². The fraction of sp³-hybridized carbons (Fsp3) is 0.0909. The smallest absolute Gasteiger partial charge is 0.273 e. The van der Waals surface area contributed by atoms with Gasteiger partial charge in [0, 0.05) is 6.07 Å². The zero-order chi connectivity index (χ0) is 14.7. The fourth-order valence-electron chi connectivity index (χ4n) is 1.36. The maximum Gasteiger partial charge on any atom is 0.273 e. The largest absolute Gasteiger partial charge is 0.493 e. The Morgan fingerprint density at radius 2 is 2.05 bits per heavy atom. The van der Waals surface area contributed by atoms with Crippen LogP contribution in [-0.4, -0.2) is 22.0 Å². The number of non-ortho nitro benzene ring substituents is 1. The minimum Gasteiger partial charge on any atom is -0.493 e. The average molecular weight is 316 g/mol. The Morgan fingerprint density at radius 3 is 2.70 bits per heavy atom. The summed E-state index contributed by atoms with van der Waals surface area (Å²) < 4.78 is 10.5. The molecule has 0 saturated carbocycles. The number of hydrogen-bond donors (Lipinski definition) is 0. The first-order valence-corrected chi connectivity index (χ1v) is 5.95. The Morgan fingerprint density at radius 1 is 1.30 bits per heavy atom. The lowest BCUT2D eigenvalue weighted by Crippen LogP contribution is -1.96. The highest BCUT2D eigenvalue weighted by Gasteiger charge is 2.15. The molecule has 1 aromatic heterocycles. The minimum absolute atomic E-state index is 0.0267. The van der Waals surface area contributed by atoms with Crippen molar-refractivity contribution in [1.82, 2.24) is 9.97 Å². The molecule has 20 heavy (non-hydrogen) atoms. The quantitative estimate of drug-likeness (QED) is 0.487. The first-order chi connectivity index (χ1) is 9.51. The van der Waals surface area contributed by atoms with Crippen LogP contribution in [0.2, 0.25) is 10.3 Å². The Hall–Kier alpha value is -2.12. The number of ether oxygens (including phenoxy) is 2. The summed E-state index contributed by atoms with van der Waals surface area (Å²) in [7, 11) is 1.36. The molecular weight excluding hydrogens is 309 g/mol. The number of methoxy groups -OCH3 is 1. The van der Waals surface area contributed by atoms with Crippen LogP contribution in [0.4, 0.5) is 5.69 Å². The van der Waals surface area contributed by atoms with Crippen LogP contribution in [0.15, 0.2) is 24.4 Å². The molecule has 0 aliphatic carbocycles. The van der Waals surface area contributed by atoms with E-state index >= 15 is 0 Å². The van der Waals surface area contributed by atoms with Gasteiger partial charge in [-0.1, -0.05) is 11.6 Å². The Kier molecular flexibility index (Phi) is 4.21. The van der Waals surface area contributed by atoms with Crippen LogP contribution in [-0.2, 0) is 0 Å². The van der Waals surface area contributed by atoms with Crippen molar-refractivity contribution in [3.63, 3.8) is 0 Å². The van der Waals surface area contributed by atoms with Crippen LogP contribution in [0.3, 0.4) is 0 Å². The van der Waals surface area contributed by atoms with Gasteiger partial charge in [-0.25, -0.2) is 4.98 Å². The Bertz CT molecular complexity index is 666. The molecule has 0 aliphatic heterocycles. The molecule has 0 spiro atoms. The number of benzene rings is 1. The number of nitro groups is 1. The summed E-state index contributed by atoms with van der Waals surface area (Å²) in [4.78, 5) is 17.6. The lowest BCUT2D eigenvalue weighted by Gasteiger charge is -2.10. The molecule has 104 valence electrons. The van der Waals surface area contributed by atoms with E-state index in [1.807, 2.05) is 0 Å². The van der Waals surface area contributed by atoms with E-state index in [1.165, 1.54) is 31.5 Å². The second-order valence-electron chi connectivity index (χ2n) is 3.49. The van der Waals surface area contributed by atoms with E-state index < -0.39 is 4.92 Å². The Labute approximate surface area is 123 Å². The molecule has 2 aromatic rings. The summed E-state index contributed by atoms with van der Waals surface area (Å²) >= 11 is 11.5. The van der Waals surface area contributed by atoms with Crippen molar-refractivity contribution in [2.24, 2.45) is 0 Å². The van der Waals surface area contributed by atoms with Gasteiger partial charge in [0.05, 0.1) is 24.3 Å². The molecule has 0 radical (unpaired) electrons. The second-order valence-corrected chi connectivity index (χ2v) is 4.23. The second kappa shape index (κ2) is 5.89. The number of aromatic nitrogens is 2. The summed E-state index contributed by atoms with van der Waals surface area (Å²) in [5, 5.41) is 10.8. The van der Waals surface area contributed by atoms with E-state index in [0.717, 1.165) is 0 Å². The van der Waals surface area contributed by atoms with Gasteiger partial charge in [0.1, 0.15) is 5.02 Å². The first kappa shape index (κ1) is 14.3. The van der Waals surface area contributed by atoms with Crippen LogP contribution in [0.1, 0.15) is 0 Å². The van der Waals surface area contributed by atoms with Gasteiger partial charge in [0.2, 0.25) is 11.2 Å². The SMILES string of the molecule is COc1cc([N+](=O)[O-])ccc1Oc1nc(Cl)ncc1Cl. The summed E-state index contributed by atoms with van der Waals surface area (Å²) in [5.74, 6) is 0.415. The van der Waals surface area contributed by atoms with E-state index in [2.05, 4.69) is 9.97 Å². The molecule has 0 N–H and O–H groups in total. The molecule has 0 saturated heterocycles. The van der Waals surface area contributed by atoms with Gasteiger partial charge in [-0.05, 0) is 17.7 Å². The molecular formula is C11H7Cl2N3O4. The van der Waals surface area contributed by atoms with Crippen LogP contribution < -0.4 is 9.47 Å².